The molecule has 0 radical (unpaired) electrons. The van der Waals surface area contributed by atoms with E-state index in [1.54, 1.807) is 24.3 Å². The molecule has 0 bridgehead atoms. The minimum atomic E-state index is -0.524. The van der Waals surface area contributed by atoms with E-state index in [-0.39, 0.29) is 18.7 Å². The highest BCUT2D eigenvalue weighted by Gasteiger charge is 2.15. The molecular weight excluding hydrogens is 270 g/mol. The summed E-state index contributed by atoms with van der Waals surface area (Å²) < 4.78 is 5.15. The lowest BCUT2D eigenvalue weighted by molar-refractivity contribution is -0.119. The number of primary amides is 1. The molecule has 0 heterocycles. The van der Waals surface area contributed by atoms with Crippen molar-refractivity contribution in [2.24, 2.45) is 5.73 Å². The van der Waals surface area contributed by atoms with Crippen molar-refractivity contribution >= 4 is 17.6 Å². The summed E-state index contributed by atoms with van der Waals surface area (Å²) in [6.45, 7) is -0.158. The maximum Gasteiger partial charge on any atom is 0.319 e. The highest BCUT2D eigenvalue weighted by atomic mass is 16.5. The average Bonchev–Trinajstić information content (AvgIpc) is 2.47. The first-order valence-electron chi connectivity index (χ1n) is 7.22. The number of anilines is 1. The molecule has 6 heteroatoms. The smallest absolute Gasteiger partial charge is 0.319 e. The Kier molecular flexibility index (Phi) is 5.43. The highest BCUT2D eigenvalue weighted by molar-refractivity contribution is 5.89. The van der Waals surface area contributed by atoms with Crippen molar-refractivity contribution in [1.29, 1.82) is 0 Å². The van der Waals surface area contributed by atoms with Gasteiger partial charge in [-0.05, 0) is 37.1 Å². The number of carbonyl (C=O) groups excluding carboxylic acids is 2. The molecule has 0 aromatic heterocycles. The van der Waals surface area contributed by atoms with Crippen molar-refractivity contribution in [3.05, 3.63) is 24.3 Å². The fraction of sp³-hybridized carbons (Fsp3) is 0.467. The molecule has 0 saturated heterocycles. The molecule has 0 unspecified atom stereocenters. The quantitative estimate of drug-likeness (QED) is 0.774. The number of benzene rings is 1. The first kappa shape index (κ1) is 15.2. The van der Waals surface area contributed by atoms with Crippen LogP contribution in [-0.2, 0) is 4.79 Å². The molecule has 3 amide bonds. The summed E-state index contributed by atoms with van der Waals surface area (Å²) >= 11 is 0. The zero-order valence-electron chi connectivity index (χ0n) is 11.9. The highest BCUT2D eigenvalue weighted by Crippen LogP contribution is 2.18. The second kappa shape index (κ2) is 7.52. The number of nitrogens with two attached hydrogens (primary N) is 1. The number of hydrogen-bond acceptors (Lipinski definition) is 3. The number of amides is 3. The molecule has 1 aliphatic rings. The summed E-state index contributed by atoms with van der Waals surface area (Å²) in [5.74, 6) is 0.0103. The number of rotatable bonds is 5. The van der Waals surface area contributed by atoms with Crippen molar-refractivity contribution < 1.29 is 14.3 Å². The van der Waals surface area contributed by atoms with Gasteiger partial charge in [-0.2, -0.15) is 0 Å². The first-order chi connectivity index (χ1) is 10.1. The Morgan fingerprint density at radius 1 is 1.14 bits per heavy atom. The van der Waals surface area contributed by atoms with E-state index in [4.69, 9.17) is 10.5 Å². The van der Waals surface area contributed by atoms with Crippen LogP contribution in [0.5, 0.6) is 5.75 Å². The van der Waals surface area contributed by atoms with Gasteiger partial charge in [-0.1, -0.05) is 19.3 Å². The van der Waals surface area contributed by atoms with Gasteiger partial charge in [0.25, 0.3) is 5.91 Å². The zero-order valence-corrected chi connectivity index (χ0v) is 11.9. The molecule has 1 aromatic rings. The standard InChI is InChI=1S/C15H21N3O3/c16-14(19)10-21-13-8-6-12(7-9-13)18-15(20)17-11-4-2-1-3-5-11/h6-9,11H,1-5,10H2,(H2,16,19)(H2,17,18,20). The predicted molar refractivity (Wildman–Crippen MR) is 80.2 cm³/mol. The largest absolute Gasteiger partial charge is 0.484 e. The van der Waals surface area contributed by atoms with Crippen LogP contribution in [0.1, 0.15) is 32.1 Å². The predicted octanol–water partition coefficient (Wildman–Crippen LogP) is 2.00. The topological polar surface area (TPSA) is 93.5 Å². The van der Waals surface area contributed by atoms with Gasteiger partial charge in [0.05, 0.1) is 0 Å². The molecule has 1 aromatic carbocycles. The van der Waals surface area contributed by atoms with Gasteiger partial charge in [-0.15, -0.1) is 0 Å². The van der Waals surface area contributed by atoms with E-state index in [1.807, 2.05) is 0 Å². The summed E-state index contributed by atoms with van der Waals surface area (Å²) in [4.78, 5) is 22.5. The lowest BCUT2D eigenvalue weighted by Crippen LogP contribution is -2.38. The maximum atomic E-state index is 11.9. The van der Waals surface area contributed by atoms with Crippen molar-refractivity contribution in [1.82, 2.24) is 5.32 Å². The van der Waals surface area contributed by atoms with Crippen LogP contribution in [-0.4, -0.2) is 24.6 Å². The van der Waals surface area contributed by atoms with Gasteiger partial charge in [-0.3, -0.25) is 4.79 Å². The Balaban J connectivity index is 1.79. The number of hydrogen-bond donors (Lipinski definition) is 3. The van der Waals surface area contributed by atoms with E-state index in [1.165, 1.54) is 19.3 Å². The molecule has 1 saturated carbocycles. The Bertz CT molecular complexity index is 481. The van der Waals surface area contributed by atoms with Crippen molar-refractivity contribution in [3.8, 4) is 5.75 Å². The van der Waals surface area contributed by atoms with Crippen LogP contribution < -0.4 is 21.1 Å². The van der Waals surface area contributed by atoms with Crippen LogP contribution in [0, 0.1) is 0 Å². The Morgan fingerprint density at radius 3 is 2.43 bits per heavy atom. The second-order valence-electron chi connectivity index (χ2n) is 5.21. The van der Waals surface area contributed by atoms with E-state index < -0.39 is 5.91 Å². The molecule has 6 nitrogen and oxygen atoms in total. The van der Waals surface area contributed by atoms with Crippen molar-refractivity contribution in [2.45, 2.75) is 38.1 Å². The van der Waals surface area contributed by atoms with Crippen LogP contribution in [0.3, 0.4) is 0 Å². The SMILES string of the molecule is NC(=O)COc1ccc(NC(=O)NC2CCCCC2)cc1. The molecule has 1 fully saturated rings. The molecular formula is C15H21N3O3. The fourth-order valence-corrected chi connectivity index (χ4v) is 2.39. The van der Waals surface area contributed by atoms with Crippen molar-refractivity contribution in [3.63, 3.8) is 0 Å². The van der Waals surface area contributed by atoms with Gasteiger partial charge < -0.3 is 21.1 Å². The summed E-state index contributed by atoms with van der Waals surface area (Å²) in [6, 6.07) is 6.89. The van der Waals surface area contributed by atoms with E-state index in [0.717, 1.165) is 12.8 Å². The van der Waals surface area contributed by atoms with Crippen LogP contribution in [0.2, 0.25) is 0 Å². The van der Waals surface area contributed by atoms with E-state index in [0.29, 0.717) is 11.4 Å². The fourth-order valence-electron chi connectivity index (χ4n) is 2.39. The van der Waals surface area contributed by atoms with Gasteiger partial charge in [-0.25, -0.2) is 4.79 Å². The van der Waals surface area contributed by atoms with Crippen LogP contribution in [0.25, 0.3) is 0 Å². The number of urea groups is 1. The average molecular weight is 291 g/mol. The molecule has 21 heavy (non-hydrogen) atoms. The normalized spacial score (nSPS) is 15.2. The summed E-state index contributed by atoms with van der Waals surface area (Å²) in [7, 11) is 0. The van der Waals surface area contributed by atoms with Gasteiger partial charge in [0.15, 0.2) is 6.61 Å². The molecule has 2 rings (SSSR count). The Labute approximate surface area is 124 Å². The third-order valence-electron chi connectivity index (χ3n) is 3.43. The number of ether oxygens (including phenoxy) is 1. The molecule has 0 atom stereocenters. The number of carbonyl (C=O) groups is 2. The lowest BCUT2D eigenvalue weighted by Gasteiger charge is -2.22. The third kappa shape index (κ3) is 5.33. The summed E-state index contributed by atoms with van der Waals surface area (Å²) in [5, 5.41) is 5.76. The Hall–Kier alpha value is -2.24. The Morgan fingerprint density at radius 2 is 1.81 bits per heavy atom. The molecule has 0 spiro atoms. The van der Waals surface area contributed by atoms with Crippen LogP contribution >= 0.6 is 0 Å². The maximum absolute atomic E-state index is 11.9. The monoisotopic (exact) mass is 291 g/mol. The lowest BCUT2D eigenvalue weighted by atomic mass is 9.96. The molecule has 0 aliphatic heterocycles. The van der Waals surface area contributed by atoms with Gasteiger partial charge in [0.1, 0.15) is 5.75 Å². The van der Waals surface area contributed by atoms with Crippen LogP contribution in [0.15, 0.2) is 24.3 Å². The van der Waals surface area contributed by atoms with Gasteiger partial charge >= 0.3 is 6.03 Å². The second-order valence-corrected chi connectivity index (χ2v) is 5.21. The summed E-state index contributed by atoms with van der Waals surface area (Å²) in [5.41, 5.74) is 5.67. The van der Waals surface area contributed by atoms with Crippen molar-refractivity contribution in [2.75, 3.05) is 11.9 Å². The third-order valence-corrected chi connectivity index (χ3v) is 3.43. The minimum absolute atomic E-state index is 0.158. The van der Waals surface area contributed by atoms with Crippen LogP contribution in [0.4, 0.5) is 10.5 Å². The van der Waals surface area contributed by atoms with Gasteiger partial charge in [0.2, 0.25) is 0 Å². The van der Waals surface area contributed by atoms with Gasteiger partial charge in [0, 0.05) is 11.7 Å². The molecule has 114 valence electrons. The molecule has 4 N–H and O–H groups in total. The summed E-state index contributed by atoms with van der Waals surface area (Å²) in [6.07, 6.45) is 5.71. The minimum Gasteiger partial charge on any atom is -0.484 e. The van der Waals surface area contributed by atoms with E-state index in [9.17, 15) is 9.59 Å². The zero-order chi connectivity index (χ0) is 15.1. The number of nitrogens with one attached hydrogen (secondary N) is 2. The van der Waals surface area contributed by atoms with E-state index >= 15 is 0 Å². The molecule has 1 aliphatic carbocycles. The first-order valence-corrected chi connectivity index (χ1v) is 7.22. The van der Waals surface area contributed by atoms with E-state index in [2.05, 4.69) is 10.6 Å².